The van der Waals surface area contributed by atoms with Crippen LogP contribution >= 0.6 is 0 Å². The monoisotopic (exact) mass is 568 g/mol. The highest BCUT2D eigenvalue weighted by atomic mass is 19.4. The van der Waals surface area contributed by atoms with Gasteiger partial charge < -0.3 is 25.2 Å². The Labute approximate surface area is 225 Å². The highest BCUT2D eigenvalue weighted by Crippen LogP contribution is 2.38. The number of hydrogen-bond donors (Lipinski definition) is 3. The zero-order valence-electron chi connectivity index (χ0n) is 21.0. The predicted molar refractivity (Wildman–Crippen MR) is 133 cm³/mol. The number of carbonyl (C=O) groups is 1. The molecule has 3 aromatic rings. The summed E-state index contributed by atoms with van der Waals surface area (Å²) in [5.74, 6) is -1.22. The van der Waals surface area contributed by atoms with Crippen LogP contribution in [-0.4, -0.2) is 29.9 Å². The fourth-order valence-corrected chi connectivity index (χ4v) is 4.88. The third kappa shape index (κ3) is 7.73. The number of rotatable bonds is 8. The van der Waals surface area contributed by atoms with E-state index in [4.69, 9.17) is 0 Å². The first-order valence-electron chi connectivity index (χ1n) is 12.4. The quantitative estimate of drug-likeness (QED) is 0.258. The molecule has 1 fully saturated rings. The lowest BCUT2D eigenvalue weighted by atomic mass is 9.77. The molecule has 0 radical (unpaired) electrons. The molecule has 0 bridgehead atoms. The van der Waals surface area contributed by atoms with Gasteiger partial charge in [-0.15, -0.1) is 26.3 Å². The second-order valence-electron chi connectivity index (χ2n) is 9.48. The lowest BCUT2D eigenvalue weighted by Crippen LogP contribution is -2.53. The number of carbonyl (C=O) groups excluding carboxylic acids is 1. The van der Waals surface area contributed by atoms with Crippen molar-refractivity contribution < 1.29 is 45.7 Å². The fourth-order valence-electron chi connectivity index (χ4n) is 4.88. The summed E-state index contributed by atoms with van der Waals surface area (Å²) in [5.41, 5.74) is -0.973. The minimum atomic E-state index is -5.01. The molecular weight excluding hydrogens is 542 g/mol. The number of halogens is 6. The van der Waals surface area contributed by atoms with Crippen LogP contribution in [0.5, 0.6) is 17.2 Å². The Hall–Kier alpha value is -4.09. The Morgan fingerprint density at radius 1 is 0.800 bits per heavy atom. The number of amides is 2. The van der Waals surface area contributed by atoms with Crippen molar-refractivity contribution in [3.05, 3.63) is 89.5 Å². The van der Waals surface area contributed by atoms with Gasteiger partial charge in [-0.2, -0.15) is 0 Å². The summed E-state index contributed by atoms with van der Waals surface area (Å²) in [6.45, 7) is 0. The molecule has 3 aromatic carbocycles. The fraction of sp³-hybridized carbons (Fsp3) is 0.321. The number of phenolic OH excluding ortho intramolecular Hbond substituents is 1. The van der Waals surface area contributed by atoms with Crippen molar-refractivity contribution in [1.29, 1.82) is 0 Å². The molecule has 2 amide bonds. The van der Waals surface area contributed by atoms with Crippen molar-refractivity contribution in [3.8, 4) is 17.2 Å². The standard InChI is InChI=1S/C28H26F6N2O4/c29-27(30,31)39-23-9-3-5-19(15-23)26(17-18-11-13-22(37)14-12-18,36-25(38)35-21-7-1-2-8-21)20-6-4-10-24(16-20)40-28(32,33)34/h3-6,9-16,21,37H,1-2,7-8,17H2,(H2,35,36,38). The van der Waals surface area contributed by atoms with E-state index in [1.807, 2.05) is 0 Å². The molecule has 0 saturated heterocycles. The maximum atomic E-state index is 13.3. The highest BCUT2D eigenvalue weighted by molar-refractivity contribution is 5.76. The van der Waals surface area contributed by atoms with E-state index in [1.54, 1.807) is 0 Å². The van der Waals surface area contributed by atoms with Crippen LogP contribution in [-0.2, 0) is 12.0 Å². The largest absolute Gasteiger partial charge is 0.573 e. The zero-order chi connectivity index (χ0) is 29.0. The maximum Gasteiger partial charge on any atom is 0.573 e. The van der Waals surface area contributed by atoms with Gasteiger partial charge in [-0.3, -0.25) is 0 Å². The summed E-state index contributed by atoms with van der Waals surface area (Å²) < 4.78 is 86.7. The van der Waals surface area contributed by atoms with E-state index in [9.17, 15) is 36.2 Å². The Balaban J connectivity index is 1.87. The number of alkyl halides is 6. The van der Waals surface area contributed by atoms with Gasteiger partial charge in [-0.1, -0.05) is 49.2 Å². The van der Waals surface area contributed by atoms with Gasteiger partial charge in [0.2, 0.25) is 0 Å². The van der Waals surface area contributed by atoms with Gasteiger partial charge >= 0.3 is 18.8 Å². The van der Waals surface area contributed by atoms with Crippen molar-refractivity contribution in [1.82, 2.24) is 10.6 Å². The summed E-state index contributed by atoms with van der Waals surface area (Å²) in [7, 11) is 0. The molecule has 0 aliphatic heterocycles. The molecular formula is C28H26F6N2O4. The summed E-state index contributed by atoms with van der Waals surface area (Å²) in [4.78, 5) is 13.3. The van der Waals surface area contributed by atoms with Crippen LogP contribution in [0.2, 0.25) is 0 Å². The second-order valence-corrected chi connectivity index (χ2v) is 9.48. The zero-order valence-corrected chi connectivity index (χ0v) is 21.0. The Morgan fingerprint density at radius 3 is 1.77 bits per heavy atom. The maximum absolute atomic E-state index is 13.3. The van der Waals surface area contributed by atoms with Gasteiger partial charge in [0, 0.05) is 12.5 Å². The van der Waals surface area contributed by atoms with Crippen molar-refractivity contribution in [2.45, 2.75) is 56.4 Å². The minimum Gasteiger partial charge on any atom is -0.508 e. The molecule has 6 nitrogen and oxygen atoms in total. The molecule has 1 aliphatic rings. The molecule has 4 rings (SSSR count). The van der Waals surface area contributed by atoms with Crippen molar-refractivity contribution in [2.24, 2.45) is 0 Å². The lowest BCUT2D eigenvalue weighted by Gasteiger charge is -2.37. The minimum absolute atomic E-state index is 0.0533. The molecule has 0 atom stereocenters. The van der Waals surface area contributed by atoms with E-state index in [0.717, 1.165) is 49.9 Å². The van der Waals surface area contributed by atoms with Gasteiger partial charge in [-0.25, -0.2) is 4.79 Å². The Morgan fingerprint density at radius 2 is 1.30 bits per heavy atom. The average molecular weight is 569 g/mol. The van der Waals surface area contributed by atoms with Gasteiger partial charge in [0.05, 0.1) is 5.54 Å². The number of aromatic hydroxyl groups is 1. The first-order valence-corrected chi connectivity index (χ1v) is 12.4. The van der Waals surface area contributed by atoms with Crippen LogP contribution in [0.4, 0.5) is 31.1 Å². The van der Waals surface area contributed by atoms with E-state index in [2.05, 4.69) is 20.1 Å². The number of nitrogens with one attached hydrogen (secondary N) is 2. The molecule has 0 spiro atoms. The molecule has 1 saturated carbocycles. The van der Waals surface area contributed by atoms with Gasteiger partial charge in [0.1, 0.15) is 17.2 Å². The SMILES string of the molecule is O=C(NC1CCCC1)NC(Cc1ccc(O)cc1)(c1cccc(OC(F)(F)F)c1)c1cccc(OC(F)(F)F)c1. The second kappa shape index (κ2) is 11.6. The highest BCUT2D eigenvalue weighted by Gasteiger charge is 2.39. The Bertz CT molecular complexity index is 1250. The molecule has 0 heterocycles. The normalized spacial score (nSPS) is 14.6. The van der Waals surface area contributed by atoms with Gasteiger partial charge in [0.15, 0.2) is 0 Å². The summed E-state index contributed by atoms with van der Waals surface area (Å²) in [6, 6.07) is 14.8. The summed E-state index contributed by atoms with van der Waals surface area (Å²) >= 11 is 0. The van der Waals surface area contributed by atoms with E-state index in [-0.39, 0.29) is 29.3 Å². The molecule has 12 heteroatoms. The topological polar surface area (TPSA) is 79.8 Å². The predicted octanol–water partition coefficient (Wildman–Crippen LogP) is 6.92. The molecule has 0 unspecified atom stereocenters. The van der Waals surface area contributed by atoms with Crippen LogP contribution in [0, 0.1) is 0 Å². The summed E-state index contributed by atoms with van der Waals surface area (Å²) in [5, 5.41) is 15.5. The van der Waals surface area contributed by atoms with Crippen molar-refractivity contribution in [3.63, 3.8) is 0 Å². The van der Waals surface area contributed by atoms with Crippen molar-refractivity contribution in [2.75, 3.05) is 0 Å². The summed E-state index contributed by atoms with van der Waals surface area (Å²) in [6.07, 6.45) is -6.83. The number of ether oxygens (including phenoxy) is 2. The van der Waals surface area contributed by atoms with E-state index < -0.39 is 35.8 Å². The van der Waals surface area contributed by atoms with E-state index in [1.165, 1.54) is 48.5 Å². The number of urea groups is 1. The molecule has 3 N–H and O–H groups in total. The van der Waals surface area contributed by atoms with E-state index >= 15 is 0 Å². The van der Waals surface area contributed by atoms with E-state index in [0.29, 0.717) is 5.56 Å². The first kappa shape index (κ1) is 28.9. The Kier molecular flexibility index (Phi) is 8.36. The molecule has 40 heavy (non-hydrogen) atoms. The number of benzene rings is 3. The van der Waals surface area contributed by atoms with Crippen LogP contribution in [0.15, 0.2) is 72.8 Å². The van der Waals surface area contributed by atoms with Crippen LogP contribution < -0.4 is 20.1 Å². The lowest BCUT2D eigenvalue weighted by molar-refractivity contribution is -0.275. The third-order valence-electron chi connectivity index (χ3n) is 6.54. The van der Waals surface area contributed by atoms with Crippen LogP contribution in [0.3, 0.4) is 0 Å². The number of hydrogen-bond acceptors (Lipinski definition) is 4. The van der Waals surface area contributed by atoms with Crippen LogP contribution in [0.1, 0.15) is 42.4 Å². The number of phenols is 1. The molecule has 214 valence electrons. The van der Waals surface area contributed by atoms with Crippen molar-refractivity contribution >= 4 is 6.03 Å². The smallest absolute Gasteiger partial charge is 0.508 e. The molecule has 1 aliphatic carbocycles. The van der Waals surface area contributed by atoms with Gasteiger partial charge in [-0.05, 0) is 65.9 Å². The van der Waals surface area contributed by atoms with Gasteiger partial charge in [0.25, 0.3) is 0 Å². The first-order chi connectivity index (χ1) is 18.8. The molecule has 0 aromatic heterocycles. The van der Waals surface area contributed by atoms with Crippen LogP contribution in [0.25, 0.3) is 0 Å². The third-order valence-corrected chi connectivity index (χ3v) is 6.54. The average Bonchev–Trinajstić information content (AvgIpc) is 3.36.